The third-order valence-electron chi connectivity index (χ3n) is 2.64. The van der Waals surface area contributed by atoms with E-state index in [1.165, 1.54) is 5.56 Å². The Morgan fingerprint density at radius 3 is 2.50 bits per heavy atom. The lowest BCUT2D eigenvalue weighted by Gasteiger charge is -2.07. The fraction of sp³-hybridized carbons (Fsp3) is 0.200. The highest BCUT2D eigenvalue weighted by molar-refractivity contribution is 7.80. The van der Waals surface area contributed by atoms with Crippen molar-refractivity contribution in [2.24, 2.45) is 0 Å². The quantitative estimate of drug-likeness (QED) is 0.849. The van der Waals surface area contributed by atoms with Gasteiger partial charge in [-0.3, -0.25) is 0 Å². The van der Waals surface area contributed by atoms with Crippen LogP contribution < -0.4 is 20.4 Å². The molecule has 4 nitrogen and oxygen atoms in total. The van der Waals surface area contributed by atoms with Gasteiger partial charge >= 0.3 is 0 Å². The Hall–Kier alpha value is -2.14. The smallest absolute Gasteiger partial charge is 0.279 e. The summed E-state index contributed by atoms with van der Waals surface area (Å²) in [4.78, 5) is 3.12. The second-order valence-corrected chi connectivity index (χ2v) is 4.72. The van der Waals surface area contributed by atoms with Crippen LogP contribution >= 0.6 is 12.2 Å². The molecule has 0 saturated carbocycles. The Kier molecular flexibility index (Phi) is 4.90. The van der Waals surface area contributed by atoms with Crippen molar-refractivity contribution in [3.05, 3.63) is 48.2 Å². The summed E-state index contributed by atoms with van der Waals surface area (Å²) >= 11 is 5.26. The number of thiocarbonyl (C=S) groups is 1. The van der Waals surface area contributed by atoms with Crippen LogP contribution in [0.2, 0.25) is 0 Å². The summed E-state index contributed by atoms with van der Waals surface area (Å²) in [6.07, 6.45) is 1.92. The normalized spacial score (nSPS) is 9.90. The van der Waals surface area contributed by atoms with E-state index in [-0.39, 0.29) is 0 Å². The maximum atomic E-state index is 5.39. The monoisotopic (exact) mass is 288 g/mol. The van der Waals surface area contributed by atoms with Gasteiger partial charge in [-0.05, 0) is 62.0 Å². The number of nitrogens with one attached hydrogen (secondary N) is 3. The number of rotatable bonds is 4. The zero-order valence-corrected chi connectivity index (χ0v) is 12.4. The maximum Gasteiger partial charge on any atom is 0.279 e. The van der Waals surface area contributed by atoms with Gasteiger partial charge in [-0.25, -0.2) is 10.3 Å². The highest BCUT2D eigenvalue weighted by Gasteiger charge is 2.06. The van der Waals surface area contributed by atoms with Gasteiger partial charge in [-0.15, -0.1) is 0 Å². The van der Waals surface area contributed by atoms with Crippen molar-refractivity contribution in [2.75, 3.05) is 17.2 Å². The molecule has 0 fully saturated rings. The number of anilines is 2. The maximum absolute atomic E-state index is 5.39. The molecule has 1 aromatic carbocycles. The number of aromatic amines is 1. The van der Waals surface area contributed by atoms with E-state index in [0.717, 1.165) is 17.3 Å². The number of pyridine rings is 1. The molecule has 2 aromatic rings. The second kappa shape index (κ2) is 6.86. The number of ether oxygens (including phenoxy) is 1. The zero-order valence-electron chi connectivity index (χ0n) is 11.6. The molecule has 0 aliphatic heterocycles. The number of aromatic nitrogens is 1. The molecule has 3 N–H and O–H groups in total. The molecular formula is C15H18N3OS+. The molecule has 1 aromatic heterocycles. The molecule has 1 heterocycles. The van der Waals surface area contributed by atoms with Crippen molar-refractivity contribution in [2.45, 2.75) is 13.8 Å². The molecule has 0 aliphatic carbocycles. The topological polar surface area (TPSA) is 47.4 Å². The highest BCUT2D eigenvalue weighted by atomic mass is 32.1. The van der Waals surface area contributed by atoms with E-state index in [0.29, 0.717) is 11.7 Å². The number of H-pyrrole nitrogens is 1. The predicted molar refractivity (Wildman–Crippen MR) is 85.2 cm³/mol. The van der Waals surface area contributed by atoms with E-state index in [4.69, 9.17) is 17.0 Å². The molecule has 0 unspecified atom stereocenters. The summed E-state index contributed by atoms with van der Waals surface area (Å²) in [7, 11) is 0. The second-order valence-electron chi connectivity index (χ2n) is 4.32. The van der Waals surface area contributed by atoms with Gasteiger partial charge in [0, 0.05) is 11.8 Å². The van der Waals surface area contributed by atoms with Gasteiger partial charge in [-0.2, -0.15) is 0 Å². The van der Waals surface area contributed by atoms with Crippen LogP contribution in [0.15, 0.2) is 42.6 Å². The molecule has 2 rings (SSSR count). The fourth-order valence-corrected chi connectivity index (χ4v) is 1.89. The van der Waals surface area contributed by atoms with Crippen LogP contribution in [0.5, 0.6) is 5.75 Å². The van der Waals surface area contributed by atoms with Crippen molar-refractivity contribution in [3.63, 3.8) is 0 Å². The van der Waals surface area contributed by atoms with E-state index >= 15 is 0 Å². The third kappa shape index (κ3) is 4.20. The molecule has 0 radical (unpaired) electrons. The molecule has 20 heavy (non-hydrogen) atoms. The average Bonchev–Trinajstić information content (AvgIpc) is 2.44. The van der Waals surface area contributed by atoms with Gasteiger partial charge in [0.05, 0.1) is 12.8 Å². The Morgan fingerprint density at radius 1 is 1.15 bits per heavy atom. The molecule has 104 valence electrons. The zero-order chi connectivity index (χ0) is 14.4. The Balaban J connectivity index is 1.92. The third-order valence-corrected chi connectivity index (χ3v) is 2.84. The summed E-state index contributed by atoms with van der Waals surface area (Å²) in [6.45, 7) is 4.65. The van der Waals surface area contributed by atoms with Gasteiger partial charge in [0.15, 0.2) is 0 Å². The van der Waals surface area contributed by atoms with Gasteiger partial charge in [0.2, 0.25) is 0 Å². The Labute approximate surface area is 124 Å². The molecule has 0 aliphatic rings. The minimum absolute atomic E-state index is 0.536. The van der Waals surface area contributed by atoms with Crippen LogP contribution in [0.1, 0.15) is 12.5 Å². The molecule has 0 amide bonds. The van der Waals surface area contributed by atoms with E-state index in [2.05, 4.69) is 15.6 Å². The number of aryl methyl sites for hydroxylation is 1. The van der Waals surface area contributed by atoms with E-state index in [1.807, 2.05) is 56.4 Å². The lowest BCUT2D eigenvalue weighted by molar-refractivity contribution is -0.361. The average molecular weight is 288 g/mol. The first-order valence-corrected chi connectivity index (χ1v) is 6.87. The number of hydrogen-bond acceptors (Lipinski definition) is 2. The van der Waals surface area contributed by atoms with Crippen molar-refractivity contribution < 1.29 is 9.72 Å². The molecule has 0 spiro atoms. The largest absolute Gasteiger partial charge is 0.494 e. The SMILES string of the molecule is CCOc1ccc(NC(=S)Nc2ccc(C)c[nH+]2)cc1. The predicted octanol–water partition coefficient (Wildman–Crippen LogP) is 3.02. The minimum atomic E-state index is 0.536. The standard InChI is InChI=1S/C15H17N3OS/c1-3-19-13-7-5-12(6-8-13)17-15(20)18-14-9-4-11(2)10-16-14/h4-10H,3H2,1-2H3,(H2,16,17,18,20)/p+1. The fourth-order valence-electron chi connectivity index (χ4n) is 1.67. The number of hydrogen-bond donors (Lipinski definition) is 2. The summed E-state index contributed by atoms with van der Waals surface area (Å²) in [5.74, 6) is 1.70. The first-order chi connectivity index (χ1) is 9.67. The molecule has 0 saturated heterocycles. The summed E-state index contributed by atoms with van der Waals surface area (Å²) < 4.78 is 5.39. The lowest BCUT2D eigenvalue weighted by atomic mass is 10.3. The van der Waals surface area contributed by atoms with Gasteiger partial charge < -0.3 is 10.1 Å². The Morgan fingerprint density at radius 2 is 1.90 bits per heavy atom. The van der Waals surface area contributed by atoms with Crippen LogP contribution in [0, 0.1) is 6.92 Å². The number of benzene rings is 1. The van der Waals surface area contributed by atoms with Crippen LogP contribution in [-0.2, 0) is 0 Å². The van der Waals surface area contributed by atoms with Crippen molar-refractivity contribution >= 4 is 28.8 Å². The van der Waals surface area contributed by atoms with E-state index in [9.17, 15) is 0 Å². The molecule has 0 bridgehead atoms. The van der Waals surface area contributed by atoms with Crippen LogP contribution in [-0.4, -0.2) is 11.7 Å². The van der Waals surface area contributed by atoms with E-state index < -0.39 is 0 Å². The van der Waals surface area contributed by atoms with Gasteiger partial charge in [0.25, 0.3) is 10.9 Å². The van der Waals surface area contributed by atoms with Crippen molar-refractivity contribution in [3.8, 4) is 5.75 Å². The van der Waals surface area contributed by atoms with Crippen LogP contribution in [0.4, 0.5) is 11.5 Å². The summed E-state index contributed by atoms with van der Waals surface area (Å²) in [5.41, 5.74) is 2.08. The minimum Gasteiger partial charge on any atom is -0.494 e. The lowest BCUT2D eigenvalue weighted by Crippen LogP contribution is -2.23. The highest BCUT2D eigenvalue weighted by Crippen LogP contribution is 2.15. The van der Waals surface area contributed by atoms with Gasteiger partial charge in [-0.1, -0.05) is 0 Å². The van der Waals surface area contributed by atoms with Crippen molar-refractivity contribution in [1.82, 2.24) is 0 Å². The van der Waals surface area contributed by atoms with E-state index in [1.54, 1.807) is 0 Å². The summed E-state index contributed by atoms with van der Waals surface area (Å²) in [6, 6.07) is 11.6. The van der Waals surface area contributed by atoms with Crippen LogP contribution in [0.25, 0.3) is 0 Å². The first kappa shape index (κ1) is 14.3. The van der Waals surface area contributed by atoms with Crippen LogP contribution in [0.3, 0.4) is 0 Å². The van der Waals surface area contributed by atoms with Gasteiger partial charge in [0.1, 0.15) is 5.75 Å². The molecule has 0 atom stereocenters. The summed E-state index contributed by atoms with van der Waals surface area (Å²) in [5, 5.41) is 6.75. The Bertz CT molecular complexity index is 567. The van der Waals surface area contributed by atoms with Crippen molar-refractivity contribution in [1.29, 1.82) is 0 Å². The molecular weight excluding hydrogens is 270 g/mol. The first-order valence-electron chi connectivity index (χ1n) is 6.46. The molecule has 5 heteroatoms.